The molecular weight excluding hydrogens is 267 g/mol. The van der Waals surface area contributed by atoms with Crippen molar-refractivity contribution >= 4 is 0 Å². The SMILES string of the molecule is CC[n+]1ccc(-c2cc[n+](CC)cc2)cc1.[Cl-].[Cl-]. The first-order chi connectivity index (χ1) is 7.83. The van der Waals surface area contributed by atoms with Crippen LogP contribution < -0.4 is 33.9 Å². The molecule has 0 bridgehead atoms. The number of hydrogen-bond donors (Lipinski definition) is 0. The molecular formula is C14H18Cl2N2. The maximum Gasteiger partial charge on any atom is 0.169 e. The average Bonchev–Trinajstić information content (AvgIpc) is 2.39. The monoisotopic (exact) mass is 284 g/mol. The molecule has 0 saturated carbocycles. The molecule has 2 aromatic rings. The minimum atomic E-state index is 0. The molecule has 4 heteroatoms. The fourth-order valence-electron chi connectivity index (χ4n) is 1.72. The smallest absolute Gasteiger partial charge is 0.169 e. The van der Waals surface area contributed by atoms with E-state index in [1.54, 1.807) is 0 Å². The van der Waals surface area contributed by atoms with Crippen molar-refractivity contribution in [2.24, 2.45) is 0 Å². The van der Waals surface area contributed by atoms with Crippen molar-refractivity contribution in [3.63, 3.8) is 0 Å². The minimum absolute atomic E-state index is 0. The van der Waals surface area contributed by atoms with E-state index in [0.717, 1.165) is 13.1 Å². The first-order valence-electron chi connectivity index (χ1n) is 5.82. The summed E-state index contributed by atoms with van der Waals surface area (Å²) in [6.07, 6.45) is 8.48. The van der Waals surface area contributed by atoms with Crippen LogP contribution in [0.5, 0.6) is 0 Å². The number of hydrogen-bond acceptors (Lipinski definition) is 0. The third-order valence-corrected chi connectivity index (χ3v) is 2.85. The van der Waals surface area contributed by atoms with Crippen LogP contribution in [0.3, 0.4) is 0 Å². The van der Waals surface area contributed by atoms with Gasteiger partial charge < -0.3 is 24.8 Å². The lowest BCUT2D eigenvalue weighted by Gasteiger charge is -1.99. The molecule has 2 aromatic heterocycles. The standard InChI is InChI=1S/C14H18N2.2ClH/c1-3-15-9-5-13(6-10-15)14-7-11-16(4-2)12-8-14;;/h5-12H,3-4H2,1-2H3;2*1H/q+2;;/p-2. The molecule has 18 heavy (non-hydrogen) atoms. The zero-order chi connectivity index (χ0) is 11.4. The van der Waals surface area contributed by atoms with E-state index in [-0.39, 0.29) is 24.8 Å². The highest BCUT2D eigenvalue weighted by atomic mass is 35.5. The second kappa shape index (κ2) is 8.06. The van der Waals surface area contributed by atoms with Gasteiger partial charge in [-0.15, -0.1) is 0 Å². The van der Waals surface area contributed by atoms with Crippen LogP contribution >= 0.6 is 0 Å². The Labute approximate surface area is 121 Å². The lowest BCUT2D eigenvalue weighted by molar-refractivity contribution is -0.693. The van der Waals surface area contributed by atoms with Crippen LogP contribution in [0.1, 0.15) is 13.8 Å². The van der Waals surface area contributed by atoms with Gasteiger partial charge in [0.1, 0.15) is 13.1 Å². The molecule has 0 saturated heterocycles. The number of rotatable bonds is 3. The predicted octanol–water partition coefficient (Wildman–Crippen LogP) is -4.02. The van der Waals surface area contributed by atoms with E-state index < -0.39 is 0 Å². The molecule has 2 rings (SSSR count). The lowest BCUT2D eigenvalue weighted by Crippen LogP contribution is -3.00. The summed E-state index contributed by atoms with van der Waals surface area (Å²) in [7, 11) is 0. The van der Waals surface area contributed by atoms with Crippen molar-refractivity contribution in [2.45, 2.75) is 26.9 Å². The van der Waals surface area contributed by atoms with E-state index in [9.17, 15) is 0 Å². The molecule has 0 radical (unpaired) electrons. The Morgan fingerprint density at radius 1 is 0.667 bits per heavy atom. The van der Waals surface area contributed by atoms with Gasteiger partial charge in [-0.1, -0.05) is 0 Å². The van der Waals surface area contributed by atoms with Crippen molar-refractivity contribution < 1.29 is 33.9 Å². The molecule has 0 aliphatic heterocycles. The van der Waals surface area contributed by atoms with Crippen LogP contribution in [0.25, 0.3) is 11.1 Å². The number of aromatic nitrogens is 2. The highest BCUT2D eigenvalue weighted by molar-refractivity contribution is 5.60. The predicted molar refractivity (Wildman–Crippen MR) is 63.6 cm³/mol. The number of aryl methyl sites for hydroxylation is 2. The van der Waals surface area contributed by atoms with Crippen LogP contribution in [0.2, 0.25) is 0 Å². The van der Waals surface area contributed by atoms with Gasteiger partial charge in [0.25, 0.3) is 0 Å². The zero-order valence-electron chi connectivity index (χ0n) is 10.7. The van der Waals surface area contributed by atoms with Gasteiger partial charge in [-0.2, -0.15) is 0 Å². The zero-order valence-corrected chi connectivity index (χ0v) is 12.2. The Hall–Kier alpha value is -1.12. The third kappa shape index (κ3) is 3.97. The first kappa shape index (κ1) is 16.9. The molecule has 0 fully saturated rings. The molecule has 98 valence electrons. The van der Waals surface area contributed by atoms with E-state index in [2.05, 4.69) is 72.0 Å². The van der Waals surface area contributed by atoms with Gasteiger partial charge in [-0.25, -0.2) is 9.13 Å². The fraction of sp³-hybridized carbons (Fsp3) is 0.286. The second-order valence-corrected chi connectivity index (χ2v) is 3.83. The third-order valence-electron chi connectivity index (χ3n) is 2.85. The molecule has 0 atom stereocenters. The van der Waals surface area contributed by atoms with Gasteiger partial charge in [-0.05, 0) is 25.0 Å². The van der Waals surface area contributed by atoms with Gasteiger partial charge in [-0.3, -0.25) is 0 Å². The quantitative estimate of drug-likeness (QED) is 0.508. The second-order valence-electron chi connectivity index (χ2n) is 3.83. The Kier molecular flexibility index (Phi) is 7.56. The van der Waals surface area contributed by atoms with Crippen molar-refractivity contribution in [1.82, 2.24) is 0 Å². The number of nitrogens with zero attached hydrogens (tertiary/aromatic N) is 2. The summed E-state index contributed by atoms with van der Waals surface area (Å²) < 4.78 is 4.33. The highest BCUT2D eigenvalue weighted by Gasteiger charge is 2.03. The maximum atomic E-state index is 2.17. The molecule has 2 heterocycles. The summed E-state index contributed by atoms with van der Waals surface area (Å²) in [5.74, 6) is 0. The minimum Gasteiger partial charge on any atom is -1.00 e. The van der Waals surface area contributed by atoms with Crippen LogP contribution in [-0.4, -0.2) is 0 Å². The number of halogens is 2. The van der Waals surface area contributed by atoms with Crippen molar-refractivity contribution in [3.05, 3.63) is 49.1 Å². The van der Waals surface area contributed by atoms with Gasteiger partial charge in [0.05, 0.1) is 0 Å². The molecule has 0 N–H and O–H groups in total. The van der Waals surface area contributed by atoms with E-state index in [4.69, 9.17) is 0 Å². The summed E-state index contributed by atoms with van der Waals surface area (Å²) >= 11 is 0. The topological polar surface area (TPSA) is 7.76 Å². The Morgan fingerprint density at radius 3 is 1.17 bits per heavy atom. The van der Waals surface area contributed by atoms with Crippen LogP contribution in [-0.2, 0) is 13.1 Å². The Balaban J connectivity index is 0.00000144. The largest absolute Gasteiger partial charge is 1.00 e. The summed E-state index contributed by atoms with van der Waals surface area (Å²) in [6, 6.07) is 8.65. The highest BCUT2D eigenvalue weighted by Crippen LogP contribution is 2.15. The molecule has 0 unspecified atom stereocenters. The average molecular weight is 285 g/mol. The van der Waals surface area contributed by atoms with Gasteiger partial charge in [0.2, 0.25) is 0 Å². The molecule has 0 aliphatic rings. The first-order valence-corrected chi connectivity index (χ1v) is 5.82. The van der Waals surface area contributed by atoms with Crippen LogP contribution in [0.4, 0.5) is 0 Å². The van der Waals surface area contributed by atoms with Crippen LogP contribution in [0, 0.1) is 0 Å². The van der Waals surface area contributed by atoms with Crippen LogP contribution in [0.15, 0.2) is 49.1 Å². The molecule has 0 spiro atoms. The summed E-state index contributed by atoms with van der Waals surface area (Å²) in [6.45, 7) is 6.33. The maximum absolute atomic E-state index is 2.17. The van der Waals surface area contributed by atoms with E-state index in [1.165, 1.54) is 11.1 Å². The molecule has 0 amide bonds. The molecule has 0 aromatic carbocycles. The van der Waals surface area contributed by atoms with Gasteiger partial charge in [0, 0.05) is 24.3 Å². The Bertz CT molecular complexity index is 407. The van der Waals surface area contributed by atoms with E-state index >= 15 is 0 Å². The van der Waals surface area contributed by atoms with E-state index in [1.807, 2.05) is 0 Å². The van der Waals surface area contributed by atoms with Crippen molar-refractivity contribution in [2.75, 3.05) is 0 Å². The summed E-state index contributed by atoms with van der Waals surface area (Å²) in [5, 5.41) is 0. The summed E-state index contributed by atoms with van der Waals surface area (Å²) in [5.41, 5.74) is 2.54. The van der Waals surface area contributed by atoms with Crippen molar-refractivity contribution in [3.8, 4) is 11.1 Å². The Morgan fingerprint density at radius 2 is 0.944 bits per heavy atom. The fourth-order valence-corrected chi connectivity index (χ4v) is 1.72. The van der Waals surface area contributed by atoms with Gasteiger partial charge >= 0.3 is 0 Å². The number of pyridine rings is 2. The normalized spacial score (nSPS) is 9.22. The lowest BCUT2D eigenvalue weighted by atomic mass is 10.1. The molecule has 2 nitrogen and oxygen atoms in total. The summed E-state index contributed by atoms with van der Waals surface area (Å²) in [4.78, 5) is 0. The molecule has 0 aliphatic carbocycles. The van der Waals surface area contributed by atoms with E-state index in [0.29, 0.717) is 0 Å². The van der Waals surface area contributed by atoms with Crippen molar-refractivity contribution in [1.29, 1.82) is 0 Å². The van der Waals surface area contributed by atoms with Gasteiger partial charge in [0.15, 0.2) is 24.8 Å².